The molecule has 1 aromatic heterocycles. The van der Waals surface area contributed by atoms with Crippen LogP contribution in [0.15, 0.2) is 29.2 Å². The third kappa shape index (κ3) is 5.74. The van der Waals surface area contributed by atoms with Gasteiger partial charge < -0.3 is 10.2 Å². The van der Waals surface area contributed by atoms with Crippen molar-refractivity contribution in [2.75, 3.05) is 32.5 Å². The first-order valence-corrected chi connectivity index (χ1v) is 12.1. The number of hydrogen-bond donors (Lipinski definition) is 1. The Hall–Kier alpha value is -2.72. The summed E-state index contributed by atoms with van der Waals surface area (Å²) >= 11 is 0. The number of nitrogens with zero attached hydrogens (tertiary/aromatic N) is 4. The summed E-state index contributed by atoms with van der Waals surface area (Å²) in [5.41, 5.74) is 1.86. The molecule has 0 saturated carbocycles. The van der Waals surface area contributed by atoms with Gasteiger partial charge in [0.15, 0.2) is 0 Å². The van der Waals surface area contributed by atoms with E-state index in [2.05, 4.69) is 10.4 Å². The highest BCUT2D eigenvalue weighted by Gasteiger charge is 2.30. The van der Waals surface area contributed by atoms with Crippen LogP contribution in [-0.4, -0.2) is 66.4 Å². The number of aromatic nitrogens is 2. The largest absolute Gasteiger partial charge is 0.345 e. The van der Waals surface area contributed by atoms with Crippen LogP contribution in [0.5, 0.6) is 0 Å². The zero-order valence-corrected chi connectivity index (χ0v) is 20.5. The van der Waals surface area contributed by atoms with Crippen molar-refractivity contribution in [2.24, 2.45) is 0 Å². The van der Waals surface area contributed by atoms with Crippen LogP contribution in [-0.2, 0) is 21.4 Å². The molecule has 9 nitrogen and oxygen atoms in total. The monoisotopic (exact) mass is 463 g/mol. The molecular weight excluding hydrogens is 430 g/mol. The minimum atomic E-state index is -3.70. The van der Waals surface area contributed by atoms with E-state index in [1.165, 1.54) is 13.9 Å². The predicted molar refractivity (Wildman–Crippen MR) is 124 cm³/mol. The van der Waals surface area contributed by atoms with Gasteiger partial charge in [0.25, 0.3) is 5.91 Å². The highest BCUT2D eigenvalue weighted by molar-refractivity contribution is 7.89. The van der Waals surface area contributed by atoms with E-state index in [0.29, 0.717) is 48.6 Å². The molecule has 2 amide bonds. The Morgan fingerprint density at radius 3 is 2.09 bits per heavy atom. The number of sulfonamides is 1. The Bertz CT molecular complexity index is 1050. The zero-order chi connectivity index (χ0) is 24.1. The van der Waals surface area contributed by atoms with E-state index in [4.69, 9.17) is 0 Å². The molecule has 10 heteroatoms. The van der Waals surface area contributed by atoms with Crippen LogP contribution >= 0.6 is 0 Å². The van der Waals surface area contributed by atoms with Crippen molar-refractivity contribution in [3.63, 3.8) is 0 Å². The van der Waals surface area contributed by atoms with E-state index in [1.807, 2.05) is 13.8 Å². The van der Waals surface area contributed by atoms with Gasteiger partial charge in [-0.05, 0) is 51.0 Å². The maximum absolute atomic E-state index is 13.2. The van der Waals surface area contributed by atoms with Crippen molar-refractivity contribution < 1.29 is 18.0 Å². The summed E-state index contributed by atoms with van der Waals surface area (Å²) in [6.45, 7) is 7.94. The molecular formula is C22H33N5O4S. The van der Waals surface area contributed by atoms with Gasteiger partial charge in [0.1, 0.15) is 11.4 Å². The molecule has 0 radical (unpaired) electrons. The third-order valence-corrected chi connectivity index (χ3v) is 7.13. The molecule has 2 aromatic rings. The average molecular weight is 464 g/mol. The third-order valence-electron chi connectivity index (χ3n) is 4.97. The molecule has 1 N–H and O–H groups in total. The Balaban J connectivity index is 2.19. The summed E-state index contributed by atoms with van der Waals surface area (Å²) in [6.07, 6.45) is 1.43. The second-order valence-electron chi connectivity index (χ2n) is 7.89. The van der Waals surface area contributed by atoms with Crippen LogP contribution in [0.4, 0.5) is 5.69 Å². The lowest BCUT2D eigenvalue weighted by Crippen LogP contribution is -2.33. The van der Waals surface area contributed by atoms with Crippen molar-refractivity contribution in [1.82, 2.24) is 19.0 Å². The molecule has 0 atom stereocenters. The van der Waals surface area contributed by atoms with E-state index in [-0.39, 0.29) is 23.3 Å². The van der Waals surface area contributed by atoms with Gasteiger partial charge in [-0.15, -0.1) is 0 Å². The summed E-state index contributed by atoms with van der Waals surface area (Å²) in [5.74, 6) is -0.468. The van der Waals surface area contributed by atoms with Crippen LogP contribution in [0.25, 0.3) is 0 Å². The van der Waals surface area contributed by atoms with Gasteiger partial charge in [0, 0.05) is 38.4 Å². The Kier molecular flexibility index (Phi) is 8.57. The van der Waals surface area contributed by atoms with Crippen LogP contribution in [0.2, 0.25) is 0 Å². The number of carbonyl (C=O) groups excluding carboxylic acids is 2. The number of amides is 2. The molecule has 0 aliphatic rings. The smallest absolute Gasteiger partial charge is 0.253 e. The maximum Gasteiger partial charge on any atom is 0.253 e. The molecule has 1 heterocycles. The van der Waals surface area contributed by atoms with Gasteiger partial charge in [0.2, 0.25) is 15.9 Å². The molecule has 0 fully saturated rings. The number of nitrogens with one attached hydrogen (secondary N) is 1. The quantitative estimate of drug-likeness (QED) is 0.583. The normalized spacial score (nSPS) is 11.6. The summed E-state index contributed by atoms with van der Waals surface area (Å²) in [4.78, 5) is 26.2. The fourth-order valence-corrected chi connectivity index (χ4v) is 5.48. The highest BCUT2D eigenvalue weighted by Crippen LogP contribution is 2.24. The number of rotatable bonds is 10. The molecule has 0 unspecified atom stereocenters. The first-order chi connectivity index (χ1) is 15.0. The first-order valence-electron chi connectivity index (χ1n) is 10.7. The summed E-state index contributed by atoms with van der Waals surface area (Å²) in [6, 6.07) is 6.59. The van der Waals surface area contributed by atoms with Crippen molar-refractivity contribution in [3.05, 3.63) is 41.2 Å². The SMILES string of the molecule is CCCN(CCC)S(=O)(=O)c1c(C)nn(CC(=O)Nc2ccc(C(=O)N(C)C)cc2)c1C. The number of aryl methyl sites for hydroxylation is 1. The average Bonchev–Trinajstić information content (AvgIpc) is 3.01. The first kappa shape index (κ1) is 25.5. The Morgan fingerprint density at radius 1 is 1.03 bits per heavy atom. The molecule has 32 heavy (non-hydrogen) atoms. The van der Waals surface area contributed by atoms with Crippen LogP contribution in [0, 0.1) is 13.8 Å². The number of anilines is 1. The Labute approximate surface area is 190 Å². The predicted octanol–water partition coefficient (Wildman–Crippen LogP) is 2.65. The van der Waals surface area contributed by atoms with E-state index in [9.17, 15) is 18.0 Å². The van der Waals surface area contributed by atoms with E-state index < -0.39 is 10.0 Å². The minimum absolute atomic E-state index is 0.123. The van der Waals surface area contributed by atoms with E-state index in [0.717, 1.165) is 0 Å². The number of hydrogen-bond acceptors (Lipinski definition) is 5. The second kappa shape index (κ2) is 10.7. The van der Waals surface area contributed by atoms with Gasteiger partial charge >= 0.3 is 0 Å². The fourth-order valence-electron chi connectivity index (χ4n) is 3.48. The van der Waals surface area contributed by atoms with Crippen molar-refractivity contribution in [3.8, 4) is 0 Å². The topological polar surface area (TPSA) is 105 Å². The van der Waals surface area contributed by atoms with Crippen LogP contribution < -0.4 is 5.32 Å². The lowest BCUT2D eigenvalue weighted by molar-refractivity contribution is -0.116. The molecule has 0 bridgehead atoms. The van der Waals surface area contributed by atoms with E-state index >= 15 is 0 Å². The molecule has 0 aliphatic heterocycles. The van der Waals surface area contributed by atoms with E-state index in [1.54, 1.807) is 52.2 Å². The molecule has 176 valence electrons. The lowest BCUT2D eigenvalue weighted by Gasteiger charge is -2.21. The van der Waals surface area contributed by atoms with Gasteiger partial charge in [-0.2, -0.15) is 9.40 Å². The molecule has 2 rings (SSSR count). The summed E-state index contributed by atoms with van der Waals surface area (Å²) in [7, 11) is -0.356. The van der Waals surface area contributed by atoms with Crippen LogP contribution in [0.3, 0.4) is 0 Å². The lowest BCUT2D eigenvalue weighted by atomic mass is 10.2. The van der Waals surface area contributed by atoms with Gasteiger partial charge in [0.05, 0.1) is 11.4 Å². The van der Waals surface area contributed by atoms with Crippen molar-refractivity contribution in [1.29, 1.82) is 0 Å². The van der Waals surface area contributed by atoms with Crippen molar-refractivity contribution in [2.45, 2.75) is 52.0 Å². The van der Waals surface area contributed by atoms with Gasteiger partial charge in [-0.25, -0.2) is 8.42 Å². The number of carbonyl (C=O) groups is 2. The summed E-state index contributed by atoms with van der Waals surface area (Å²) < 4.78 is 29.3. The molecule has 0 spiro atoms. The second-order valence-corrected chi connectivity index (χ2v) is 9.76. The van der Waals surface area contributed by atoms with Crippen molar-refractivity contribution >= 4 is 27.5 Å². The molecule has 0 aliphatic carbocycles. The highest BCUT2D eigenvalue weighted by atomic mass is 32.2. The fraction of sp³-hybridized carbons (Fsp3) is 0.500. The van der Waals surface area contributed by atoms with Crippen LogP contribution in [0.1, 0.15) is 48.4 Å². The molecule has 1 aromatic carbocycles. The Morgan fingerprint density at radius 2 is 1.59 bits per heavy atom. The maximum atomic E-state index is 13.2. The number of benzene rings is 1. The van der Waals surface area contributed by atoms with Gasteiger partial charge in [-0.3, -0.25) is 14.3 Å². The standard InChI is InChI=1S/C22H33N5O4S/c1-7-13-26(14-8-2)32(30,31)21-16(3)24-27(17(21)4)15-20(28)23-19-11-9-18(10-12-19)22(29)25(5)6/h9-12H,7-8,13-15H2,1-6H3,(H,23,28). The summed E-state index contributed by atoms with van der Waals surface area (Å²) in [5, 5.41) is 7.08. The zero-order valence-electron chi connectivity index (χ0n) is 19.7. The minimum Gasteiger partial charge on any atom is -0.345 e. The van der Waals surface area contributed by atoms with Gasteiger partial charge in [-0.1, -0.05) is 13.8 Å². The molecule has 0 saturated heterocycles.